The SMILES string of the molecule is CNC(=O)NC1CCN(Cc2cc(CN3CCC(NC(=O)NC)CC3)cc(-c3cc(Cl)cc(Cl)c3)c2)CC1. The summed E-state index contributed by atoms with van der Waals surface area (Å²) in [4.78, 5) is 28.2. The number of benzene rings is 2. The summed E-state index contributed by atoms with van der Waals surface area (Å²) in [5, 5.41) is 12.6. The smallest absolute Gasteiger partial charge is 0.314 e. The Kier molecular flexibility index (Phi) is 10.1. The summed E-state index contributed by atoms with van der Waals surface area (Å²) in [6.07, 6.45) is 3.73. The van der Waals surface area contributed by atoms with Crippen LogP contribution in [0.25, 0.3) is 11.1 Å². The van der Waals surface area contributed by atoms with Gasteiger partial charge in [0, 0.05) is 75.5 Å². The van der Waals surface area contributed by atoms with Gasteiger partial charge in [-0.3, -0.25) is 9.80 Å². The van der Waals surface area contributed by atoms with Crippen LogP contribution in [0.5, 0.6) is 0 Å². The Morgan fingerprint density at radius 1 is 0.684 bits per heavy atom. The van der Waals surface area contributed by atoms with Crippen molar-refractivity contribution in [1.82, 2.24) is 31.1 Å². The van der Waals surface area contributed by atoms with Gasteiger partial charge in [-0.15, -0.1) is 0 Å². The van der Waals surface area contributed by atoms with Crippen LogP contribution in [-0.4, -0.2) is 74.2 Å². The van der Waals surface area contributed by atoms with Crippen LogP contribution in [0.2, 0.25) is 10.0 Å². The van der Waals surface area contributed by atoms with Gasteiger partial charge in [0.25, 0.3) is 0 Å². The number of hydrogen-bond donors (Lipinski definition) is 4. The van der Waals surface area contributed by atoms with Crippen molar-refractivity contribution in [3.8, 4) is 11.1 Å². The zero-order valence-electron chi connectivity index (χ0n) is 22.2. The van der Waals surface area contributed by atoms with Crippen LogP contribution < -0.4 is 21.3 Å². The third kappa shape index (κ3) is 8.24. The Morgan fingerprint density at radius 3 is 1.47 bits per heavy atom. The molecule has 0 unspecified atom stereocenters. The summed E-state index contributed by atoms with van der Waals surface area (Å²) in [6.45, 7) is 5.43. The summed E-state index contributed by atoms with van der Waals surface area (Å²) < 4.78 is 0. The van der Waals surface area contributed by atoms with E-state index in [1.165, 1.54) is 11.1 Å². The first-order valence-electron chi connectivity index (χ1n) is 13.3. The third-order valence-electron chi connectivity index (χ3n) is 7.36. The maximum absolute atomic E-state index is 11.7. The van der Waals surface area contributed by atoms with E-state index in [1.807, 2.05) is 12.1 Å². The predicted molar refractivity (Wildman–Crippen MR) is 154 cm³/mol. The molecule has 206 valence electrons. The minimum absolute atomic E-state index is 0.116. The first-order chi connectivity index (χ1) is 18.3. The number of likely N-dealkylation sites (tertiary alicyclic amines) is 2. The fourth-order valence-electron chi connectivity index (χ4n) is 5.33. The zero-order chi connectivity index (χ0) is 27.1. The minimum atomic E-state index is -0.116. The van der Waals surface area contributed by atoms with E-state index in [0.29, 0.717) is 10.0 Å². The molecule has 0 aromatic heterocycles. The van der Waals surface area contributed by atoms with Gasteiger partial charge in [0.2, 0.25) is 0 Å². The molecule has 10 heteroatoms. The minimum Gasteiger partial charge on any atom is -0.341 e. The van der Waals surface area contributed by atoms with E-state index in [-0.39, 0.29) is 24.1 Å². The van der Waals surface area contributed by atoms with Crippen molar-refractivity contribution in [1.29, 1.82) is 0 Å². The van der Waals surface area contributed by atoms with Gasteiger partial charge in [-0.25, -0.2) is 9.59 Å². The standard InChI is InChI=1S/C28H38Cl2N6O2/c1-31-27(37)33-25-3-7-35(8-4-25)17-19-11-20(13-21(12-19)22-14-23(29)16-24(30)15-22)18-36-9-5-26(6-10-36)34-28(38)32-2/h11-16,25-26H,3-10,17-18H2,1-2H3,(H2,31,33,37)(H2,32,34,38). The highest BCUT2D eigenvalue weighted by Crippen LogP contribution is 2.30. The van der Waals surface area contributed by atoms with Crippen LogP contribution in [0.1, 0.15) is 36.8 Å². The number of halogens is 2. The Morgan fingerprint density at radius 2 is 1.08 bits per heavy atom. The molecule has 2 aromatic rings. The second-order valence-electron chi connectivity index (χ2n) is 10.2. The highest BCUT2D eigenvalue weighted by molar-refractivity contribution is 6.35. The first kappa shape index (κ1) is 28.5. The predicted octanol–water partition coefficient (Wildman–Crippen LogP) is 4.45. The molecule has 4 rings (SSSR count). The molecule has 2 heterocycles. The van der Waals surface area contributed by atoms with E-state index in [2.05, 4.69) is 49.3 Å². The molecule has 2 aliphatic rings. The van der Waals surface area contributed by atoms with E-state index >= 15 is 0 Å². The maximum atomic E-state index is 11.7. The summed E-state index contributed by atoms with van der Waals surface area (Å²) >= 11 is 12.7. The van der Waals surface area contributed by atoms with Crippen molar-refractivity contribution >= 4 is 35.3 Å². The number of carbonyl (C=O) groups is 2. The summed E-state index contributed by atoms with van der Waals surface area (Å²) in [7, 11) is 3.29. The molecule has 2 aliphatic heterocycles. The average Bonchev–Trinajstić information content (AvgIpc) is 2.90. The van der Waals surface area contributed by atoms with E-state index in [1.54, 1.807) is 20.2 Å². The van der Waals surface area contributed by atoms with Gasteiger partial charge >= 0.3 is 12.1 Å². The van der Waals surface area contributed by atoms with Gasteiger partial charge in [0.15, 0.2) is 0 Å². The lowest BCUT2D eigenvalue weighted by Crippen LogP contribution is -2.47. The molecule has 0 radical (unpaired) electrons. The maximum Gasteiger partial charge on any atom is 0.314 e. The number of urea groups is 2. The van der Waals surface area contributed by atoms with Crippen molar-refractivity contribution in [2.24, 2.45) is 0 Å². The quantitative estimate of drug-likeness (QED) is 0.403. The molecule has 38 heavy (non-hydrogen) atoms. The number of hydrogen-bond acceptors (Lipinski definition) is 4. The van der Waals surface area contributed by atoms with Crippen molar-refractivity contribution in [3.63, 3.8) is 0 Å². The normalized spacial score (nSPS) is 17.7. The molecule has 2 saturated heterocycles. The fraction of sp³-hybridized carbons (Fsp3) is 0.500. The lowest BCUT2D eigenvalue weighted by atomic mass is 9.97. The second-order valence-corrected chi connectivity index (χ2v) is 11.1. The lowest BCUT2D eigenvalue weighted by Gasteiger charge is -2.33. The molecule has 4 amide bonds. The van der Waals surface area contributed by atoms with Crippen molar-refractivity contribution in [2.75, 3.05) is 40.3 Å². The average molecular weight is 562 g/mol. The molecule has 2 aromatic carbocycles. The Hall–Kier alpha value is -2.52. The lowest BCUT2D eigenvalue weighted by molar-refractivity contribution is 0.185. The van der Waals surface area contributed by atoms with E-state index < -0.39 is 0 Å². The van der Waals surface area contributed by atoms with Crippen LogP contribution in [0.4, 0.5) is 9.59 Å². The van der Waals surface area contributed by atoms with Crippen LogP contribution in [-0.2, 0) is 13.1 Å². The zero-order valence-corrected chi connectivity index (χ0v) is 23.7. The Bertz CT molecular complexity index is 1040. The summed E-state index contributed by atoms with van der Waals surface area (Å²) in [6, 6.07) is 12.6. The van der Waals surface area contributed by atoms with Gasteiger partial charge in [0.1, 0.15) is 0 Å². The molecule has 2 fully saturated rings. The van der Waals surface area contributed by atoms with Gasteiger partial charge in [0.05, 0.1) is 0 Å². The molecule has 4 N–H and O–H groups in total. The van der Waals surface area contributed by atoms with Crippen LogP contribution in [0.3, 0.4) is 0 Å². The summed E-state index contributed by atoms with van der Waals surface area (Å²) in [5.74, 6) is 0. The van der Waals surface area contributed by atoms with Gasteiger partial charge < -0.3 is 21.3 Å². The molecular weight excluding hydrogens is 523 g/mol. The largest absolute Gasteiger partial charge is 0.341 e. The Labute approximate surface area is 235 Å². The first-order valence-corrected chi connectivity index (χ1v) is 14.1. The number of rotatable bonds is 7. The molecule has 0 atom stereocenters. The van der Waals surface area contributed by atoms with Crippen LogP contribution in [0, 0.1) is 0 Å². The van der Waals surface area contributed by atoms with Crippen LogP contribution in [0.15, 0.2) is 36.4 Å². The molecule has 0 bridgehead atoms. The van der Waals surface area contributed by atoms with E-state index in [4.69, 9.17) is 23.2 Å². The number of nitrogens with one attached hydrogen (secondary N) is 4. The third-order valence-corrected chi connectivity index (χ3v) is 7.80. The van der Waals surface area contributed by atoms with Gasteiger partial charge in [-0.05, 0) is 78.3 Å². The molecule has 8 nitrogen and oxygen atoms in total. The number of nitrogens with zero attached hydrogens (tertiary/aromatic N) is 2. The van der Waals surface area contributed by atoms with Gasteiger partial charge in [-0.1, -0.05) is 29.3 Å². The topological polar surface area (TPSA) is 88.7 Å². The molecular formula is C28H38Cl2N6O2. The number of amides is 4. The van der Waals surface area contributed by atoms with Crippen molar-refractivity contribution in [2.45, 2.75) is 50.9 Å². The van der Waals surface area contributed by atoms with E-state index in [9.17, 15) is 9.59 Å². The monoisotopic (exact) mass is 560 g/mol. The second kappa shape index (κ2) is 13.5. The molecule has 0 aliphatic carbocycles. The van der Waals surface area contributed by atoms with Crippen LogP contribution >= 0.6 is 23.2 Å². The van der Waals surface area contributed by atoms with Gasteiger partial charge in [-0.2, -0.15) is 0 Å². The van der Waals surface area contributed by atoms with Crippen molar-refractivity contribution in [3.05, 3.63) is 57.6 Å². The van der Waals surface area contributed by atoms with Crippen molar-refractivity contribution < 1.29 is 9.59 Å². The van der Waals surface area contributed by atoms with E-state index in [0.717, 1.165) is 76.1 Å². The Balaban J connectivity index is 1.46. The summed E-state index contributed by atoms with van der Waals surface area (Å²) in [5.41, 5.74) is 4.62. The number of carbonyl (C=O) groups excluding carboxylic acids is 2. The highest BCUT2D eigenvalue weighted by atomic mass is 35.5. The molecule has 0 saturated carbocycles. The fourth-order valence-corrected chi connectivity index (χ4v) is 5.86. The molecule has 0 spiro atoms. The number of piperidine rings is 2. The highest BCUT2D eigenvalue weighted by Gasteiger charge is 2.22.